The molecule has 1 heterocycles. The summed E-state index contributed by atoms with van der Waals surface area (Å²) in [6.45, 7) is 1.46. The molecule has 1 atom stereocenters. The van der Waals surface area contributed by atoms with Crippen LogP contribution in [0.5, 0.6) is 11.5 Å². The van der Waals surface area contributed by atoms with E-state index in [0.29, 0.717) is 15.8 Å². The van der Waals surface area contributed by atoms with Gasteiger partial charge >= 0.3 is 0 Å². The molecule has 1 amide bonds. The number of sulfonamides is 1. The number of carbonyl (C=O) groups is 1. The summed E-state index contributed by atoms with van der Waals surface area (Å²) in [4.78, 5) is 12.4. The van der Waals surface area contributed by atoms with E-state index in [2.05, 4.69) is 5.32 Å². The Labute approximate surface area is 167 Å². The smallest absolute Gasteiger partial charge is 0.252 e. The van der Waals surface area contributed by atoms with Crippen LogP contribution in [0.1, 0.15) is 18.5 Å². The molecular formula is C17H21ClN2O5S2. The predicted octanol–water partition coefficient (Wildman–Crippen LogP) is 2.92. The van der Waals surface area contributed by atoms with Crippen molar-refractivity contribution < 1.29 is 22.7 Å². The molecule has 0 aliphatic heterocycles. The Morgan fingerprint density at radius 1 is 1.26 bits per heavy atom. The lowest BCUT2D eigenvalue weighted by Crippen LogP contribution is -2.39. The molecule has 1 unspecified atom stereocenters. The van der Waals surface area contributed by atoms with Gasteiger partial charge in [-0.25, -0.2) is 8.42 Å². The Hall–Kier alpha value is -1.81. The van der Waals surface area contributed by atoms with Gasteiger partial charge in [-0.15, -0.1) is 11.3 Å². The molecule has 10 heteroatoms. The zero-order valence-corrected chi connectivity index (χ0v) is 17.7. The molecule has 0 spiro atoms. The minimum Gasteiger partial charge on any atom is -0.497 e. The third-order valence-corrected chi connectivity index (χ3v) is 7.36. The van der Waals surface area contributed by atoms with Gasteiger partial charge in [0.15, 0.2) is 0 Å². The Morgan fingerprint density at radius 3 is 2.52 bits per heavy atom. The molecule has 0 aliphatic carbocycles. The number of benzene rings is 1. The standard InChI is InChI=1S/C17H21ClN2O5S2/c1-11(13-9-12(24-3)5-6-14(13)25-4)19-16(21)10-20(2)27(22,23)17-8-7-15(18)26-17/h5-9,11H,10H2,1-4H3,(H,19,21). The fraction of sp³-hybridized carbons (Fsp3) is 0.353. The summed E-state index contributed by atoms with van der Waals surface area (Å²) in [6.07, 6.45) is 0. The van der Waals surface area contributed by atoms with Crippen molar-refractivity contribution in [3.05, 3.63) is 40.2 Å². The van der Waals surface area contributed by atoms with E-state index in [9.17, 15) is 13.2 Å². The molecule has 0 fully saturated rings. The number of nitrogens with zero attached hydrogens (tertiary/aromatic N) is 1. The van der Waals surface area contributed by atoms with Gasteiger partial charge in [0.1, 0.15) is 15.7 Å². The predicted molar refractivity (Wildman–Crippen MR) is 105 cm³/mol. The molecule has 0 saturated heterocycles. The van der Waals surface area contributed by atoms with Crippen LogP contribution in [0.3, 0.4) is 0 Å². The summed E-state index contributed by atoms with van der Waals surface area (Å²) in [6, 6.07) is 7.77. The second kappa shape index (κ2) is 8.92. The minimum absolute atomic E-state index is 0.0883. The van der Waals surface area contributed by atoms with E-state index in [-0.39, 0.29) is 10.8 Å². The third kappa shape index (κ3) is 5.13. The van der Waals surface area contributed by atoms with Gasteiger partial charge in [-0.05, 0) is 37.3 Å². The number of nitrogens with one attached hydrogen (secondary N) is 1. The fourth-order valence-corrected chi connectivity index (χ4v) is 5.24. The van der Waals surface area contributed by atoms with Crippen LogP contribution >= 0.6 is 22.9 Å². The van der Waals surface area contributed by atoms with Crippen LogP contribution in [0, 0.1) is 0 Å². The molecule has 7 nitrogen and oxygen atoms in total. The first-order valence-electron chi connectivity index (χ1n) is 7.92. The molecule has 1 N–H and O–H groups in total. The Kier molecular flexibility index (Phi) is 7.10. The third-order valence-electron chi connectivity index (χ3n) is 3.86. The second-order valence-corrected chi connectivity index (χ2v) is 9.70. The Morgan fingerprint density at radius 2 is 1.96 bits per heavy atom. The van der Waals surface area contributed by atoms with Crippen molar-refractivity contribution in [1.82, 2.24) is 9.62 Å². The SMILES string of the molecule is COc1ccc(OC)c(C(C)NC(=O)CN(C)S(=O)(=O)c2ccc(Cl)s2)c1. The summed E-state index contributed by atoms with van der Waals surface area (Å²) in [5.74, 6) is 0.778. The average Bonchev–Trinajstić information content (AvgIpc) is 3.08. The van der Waals surface area contributed by atoms with Crippen LogP contribution in [0.25, 0.3) is 0 Å². The van der Waals surface area contributed by atoms with Crippen molar-refractivity contribution in [3.63, 3.8) is 0 Å². The summed E-state index contributed by atoms with van der Waals surface area (Å²) in [7, 11) is 0.653. The van der Waals surface area contributed by atoms with Gasteiger partial charge in [-0.1, -0.05) is 11.6 Å². The van der Waals surface area contributed by atoms with E-state index in [0.717, 1.165) is 21.2 Å². The highest BCUT2D eigenvalue weighted by Gasteiger charge is 2.25. The lowest BCUT2D eigenvalue weighted by Gasteiger charge is -2.20. The second-order valence-electron chi connectivity index (χ2n) is 5.72. The van der Waals surface area contributed by atoms with Crippen molar-refractivity contribution in [3.8, 4) is 11.5 Å². The van der Waals surface area contributed by atoms with Gasteiger partial charge in [0.05, 0.1) is 31.1 Å². The first kappa shape index (κ1) is 21.5. The number of likely N-dealkylation sites (N-methyl/N-ethyl adjacent to an activating group) is 1. The van der Waals surface area contributed by atoms with Gasteiger partial charge in [0, 0.05) is 12.6 Å². The van der Waals surface area contributed by atoms with Crippen LogP contribution in [0.15, 0.2) is 34.5 Å². The van der Waals surface area contributed by atoms with Crippen molar-refractivity contribution in [2.75, 3.05) is 27.8 Å². The molecule has 1 aromatic heterocycles. The summed E-state index contributed by atoms with van der Waals surface area (Å²) >= 11 is 6.74. The van der Waals surface area contributed by atoms with Gasteiger partial charge in [-0.3, -0.25) is 4.79 Å². The summed E-state index contributed by atoms with van der Waals surface area (Å²) in [5, 5.41) is 2.78. The number of thiophene rings is 1. The maximum Gasteiger partial charge on any atom is 0.252 e. The highest BCUT2D eigenvalue weighted by atomic mass is 35.5. The molecule has 0 radical (unpaired) electrons. The Balaban J connectivity index is 2.09. The maximum atomic E-state index is 12.5. The quantitative estimate of drug-likeness (QED) is 0.693. The molecule has 27 heavy (non-hydrogen) atoms. The number of amides is 1. The minimum atomic E-state index is -3.78. The zero-order valence-electron chi connectivity index (χ0n) is 15.4. The molecule has 0 bridgehead atoms. The molecule has 0 saturated carbocycles. The van der Waals surface area contributed by atoms with E-state index in [1.54, 1.807) is 32.2 Å². The lowest BCUT2D eigenvalue weighted by atomic mass is 10.1. The van der Waals surface area contributed by atoms with Crippen LogP contribution in [0.2, 0.25) is 4.34 Å². The molecule has 0 aliphatic rings. The first-order valence-corrected chi connectivity index (χ1v) is 10.6. The summed E-state index contributed by atoms with van der Waals surface area (Å²) in [5.41, 5.74) is 0.723. The molecular weight excluding hydrogens is 412 g/mol. The number of methoxy groups -OCH3 is 2. The lowest BCUT2D eigenvalue weighted by molar-refractivity contribution is -0.121. The van der Waals surface area contributed by atoms with Gasteiger partial charge in [0.25, 0.3) is 10.0 Å². The van der Waals surface area contributed by atoms with Crippen molar-refractivity contribution in [2.45, 2.75) is 17.2 Å². The number of halogens is 1. The summed E-state index contributed by atoms with van der Waals surface area (Å²) < 4.78 is 36.9. The zero-order chi connectivity index (χ0) is 20.2. The molecule has 2 rings (SSSR count). The van der Waals surface area contributed by atoms with E-state index < -0.39 is 22.0 Å². The van der Waals surface area contributed by atoms with Crippen LogP contribution in [-0.2, 0) is 14.8 Å². The Bertz CT molecular complexity index is 914. The van der Waals surface area contributed by atoms with E-state index in [4.69, 9.17) is 21.1 Å². The number of rotatable bonds is 8. The fourth-order valence-electron chi connectivity index (χ4n) is 2.42. The first-order chi connectivity index (χ1) is 12.7. The number of hydrogen-bond donors (Lipinski definition) is 1. The van der Waals surface area contributed by atoms with Gasteiger partial charge < -0.3 is 14.8 Å². The van der Waals surface area contributed by atoms with Crippen molar-refractivity contribution in [1.29, 1.82) is 0 Å². The van der Waals surface area contributed by atoms with E-state index in [1.807, 2.05) is 0 Å². The molecule has 148 valence electrons. The maximum absolute atomic E-state index is 12.5. The van der Waals surface area contributed by atoms with Crippen molar-refractivity contribution >= 4 is 38.9 Å². The van der Waals surface area contributed by atoms with E-state index in [1.165, 1.54) is 26.3 Å². The normalized spacial score (nSPS) is 12.7. The van der Waals surface area contributed by atoms with Crippen LogP contribution in [-0.4, -0.2) is 46.4 Å². The van der Waals surface area contributed by atoms with Gasteiger partial charge in [0.2, 0.25) is 5.91 Å². The average molecular weight is 433 g/mol. The van der Waals surface area contributed by atoms with Gasteiger partial charge in [-0.2, -0.15) is 4.31 Å². The van der Waals surface area contributed by atoms with Crippen LogP contribution < -0.4 is 14.8 Å². The number of ether oxygens (including phenoxy) is 2. The topological polar surface area (TPSA) is 84.9 Å². The monoisotopic (exact) mass is 432 g/mol. The van der Waals surface area contributed by atoms with Crippen LogP contribution in [0.4, 0.5) is 0 Å². The van der Waals surface area contributed by atoms with E-state index >= 15 is 0 Å². The van der Waals surface area contributed by atoms with Crippen molar-refractivity contribution in [2.24, 2.45) is 0 Å². The molecule has 1 aromatic carbocycles. The molecule has 2 aromatic rings. The highest BCUT2D eigenvalue weighted by Crippen LogP contribution is 2.30. The number of hydrogen-bond acceptors (Lipinski definition) is 6. The largest absolute Gasteiger partial charge is 0.497 e. The highest BCUT2D eigenvalue weighted by molar-refractivity contribution is 7.91. The number of carbonyl (C=O) groups excluding carboxylic acids is 1.